The van der Waals surface area contributed by atoms with E-state index in [0.29, 0.717) is 21.9 Å². The highest BCUT2D eigenvalue weighted by Gasteiger charge is 2.19. The van der Waals surface area contributed by atoms with E-state index in [0.717, 1.165) is 10.9 Å². The van der Waals surface area contributed by atoms with Crippen LogP contribution < -0.4 is 5.32 Å². The second-order valence-electron chi connectivity index (χ2n) is 5.89. The number of nitrogens with zero attached hydrogens (tertiary/aromatic N) is 1. The molecule has 1 amide bonds. The third-order valence-electron chi connectivity index (χ3n) is 3.95. The highest BCUT2D eigenvalue weighted by molar-refractivity contribution is 6.29. The van der Waals surface area contributed by atoms with Crippen LogP contribution in [0.1, 0.15) is 22.8 Å². The topological polar surface area (TPSA) is 68.3 Å². The molecule has 2 aromatic carbocycles. The predicted molar refractivity (Wildman–Crippen MR) is 101 cm³/mol. The smallest absolute Gasteiger partial charge is 0.338 e. The molecule has 3 rings (SSSR count). The second-order valence-corrected chi connectivity index (χ2v) is 6.28. The Kier molecular flexibility index (Phi) is 5.19. The first-order valence-electron chi connectivity index (χ1n) is 8.08. The fourth-order valence-electron chi connectivity index (χ4n) is 2.46. The molecule has 5 nitrogen and oxygen atoms in total. The van der Waals surface area contributed by atoms with Crippen molar-refractivity contribution in [1.82, 2.24) is 4.98 Å². The van der Waals surface area contributed by atoms with Crippen LogP contribution in [-0.2, 0) is 9.53 Å². The van der Waals surface area contributed by atoms with Crippen LogP contribution in [-0.4, -0.2) is 23.0 Å². The minimum Gasteiger partial charge on any atom is -0.449 e. The maximum atomic E-state index is 12.3. The first-order valence-corrected chi connectivity index (χ1v) is 8.45. The van der Waals surface area contributed by atoms with E-state index >= 15 is 0 Å². The third-order valence-corrected chi connectivity index (χ3v) is 4.16. The number of pyridine rings is 1. The molecule has 1 aromatic heterocycles. The number of aryl methyl sites for hydroxylation is 1. The van der Waals surface area contributed by atoms with Crippen molar-refractivity contribution < 1.29 is 14.3 Å². The van der Waals surface area contributed by atoms with Gasteiger partial charge in [-0.25, -0.2) is 9.78 Å². The van der Waals surface area contributed by atoms with Gasteiger partial charge in [0.05, 0.1) is 11.1 Å². The van der Waals surface area contributed by atoms with Gasteiger partial charge in [-0.05, 0) is 55.8 Å². The van der Waals surface area contributed by atoms with Gasteiger partial charge in [-0.2, -0.15) is 0 Å². The summed E-state index contributed by atoms with van der Waals surface area (Å²) in [4.78, 5) is 28.8. The quantitative estimate of drug-likeness (QED) is 0.548. The fraction of sp³-hybridized carbons (Fsp3) is 0.150. The zero-order valence-electron chi connectivity index (χ0n) is 14.3. The number of halogens is 1. The molecular weight excluding hydrogens is 352 g/mol. The van der Waals surface area contributed by atoms with Crippen molar-refractivity contribution in [3.8, 4) is 0 Å². The normalized spacial score (nSPS) is 11.8. The van der Waals surface area contributed by atoms with Crippen LogP contribution in [0.4, 0.5) is 5.69 Å². The number of amides is 1. The summed E-state index contributed by atoms with van der Waals surface area (Å²) in [7, 11) is 0. The number of fused-ring (bicyclic) bond motifs is 1. The summed E-state index contributed by atoms with van der Waals surface area (Å²) in [5.41, 5.74) is 2.64. The maximum Gasteiger partial charge on any atom is 0.338 e. The van der Waals surface area contributed by atoms with Gasteiger partial charge >= 0.3 is 5.97 Å². The molecule has 1 unspecified atom stereocenters. The Morgan fingerprint density at radius 3 is 2.65 bits per heavy atom. The number of esters is 1. The Balaban J connectivity index is 1.69. The summed E-state index contributed by atoms with van der Waals surface area (Å²) in [5, 5.41) is 3.91. The molecule has 0 saturated heterocycles. The zero-order valence-corrected chi connectivity index (χ0v) is 15.1. The van der Waals surface area contributed by atoms with Gasteiger partial charge in [0.15, 0.2) is 6.10 Å². The molecule has 0 aliphatic carbocycles. The van der Waals surface area contributed by atoms with Gasteiger partial charge in [0.25, 0.3) is 5.91 Å². The van der Waals surface area contributed by atoms with Crippen LogP contribution in [0.2, 0.25) is 5.15 Å². The van der Waals surface area contributed by atoms with Gasteiger partial charge < -0.3 is 10.1 Å². The molecule has 0 radical (unpaired) electrons. The van der Waals surface area contributed by atoms with Crippen LogP contribution in [0.15, 0.2) is 54.6 Å². The molecule has 0 aliphatic rings. The summed E-state index contributed by atoms with van der Waals surface area (Å²) < 4.78 is 5.29. The van der Waals surface area contributed by atoms with E-state index in [4.69, 9.17) is 16.3 Å². The summed E-state index contributed by atoms with van der Waals surface area (Å²) in [6, 6.07) is 15.8. The van der Waals surface area contributed by atoms with E-state index < -0.39 is 12.1 Å². The van der Waals surface area contributed by atoms with Crippen LogP contribution in [0.5, 0.6) is 0 Å². The number of nitrogens with one attached hydrogen (secondary N) is 1. The molecule has 1 N–H and O–H groups in total. The first kappa shape index (κ1) is 17.9. The van der Waals surface area contributed by atoms with Gasteiger partial charge in [0.1, 0.15) is 5.15 Å². The monoisotopic (exact) mass is 368 g/mol. The number of hydrogen-bond acceptors (Lipinski definition) is 4. The van der Waals surface area contributed by atoms with Crippen molar-refractivity contribution in [3.63, 3.8) is 0 Å². The van der Waals surface area contributed by atoms with Gasteiger partial charge in [0.2, 0.25) is 0 Å². The highest BCUT2D eigenvalue weighted by Crippen LogP contribution is 2.18. The molecule has 1 heterocycles. The van der Waals surface area contributed by atoms with E-state index in [1.807, 2.05) is 25.1 Å². The van der Waals surface area contributed by atoms with Gasteiger partial charge in [-0.3, -0.25) is 4.79 Å². The number of ether oxygens (including phenoxy) is 1. The van der Waals surface area contributed by atoms with Crippen LogP contribution in [0.3, 0.4) is 0 Å². The van der Waals surface area contributed by atoms with E-state index in [1.165, 1.54) is 6.92 Å². The molecule has 0 saturated carbocycles. The van der Waals surface area contributed by atoms with E-state index in [1.54, 1.807) is 36.4 Å². The summed E-state index contributed by atoms with van der Waals surface area (Å²) in [5.74, 6) is -0.962. The Morgan fingerprint density at radius 2 is 1.88 bits per heavy atom. The molecule has 132 valence electrons. The number of hydrogen-bond donors (Lipinski definition) is 1. The number of aromatic nitrogens is 1. The van der Waals surface area contributed by atoms with Crippen molar-refractivity contribution in [3.05, 3.63) is 70.9 Å². The lowest BCUT2D eigenvalue weighted by atomic mass is 10.1. The molecule has 0 bridgehead atoms. The lowest BCUT2D eigenvalue weighted by Crippen LogP contribution is -2.30. The second kappa shape index (κ2) is 7.54. The Labute approximate surface area is 156 Å². The number of para-hydroxylation sites is 1. The van der Waals surface area contributed by atoms with Crippen molar-refractivity contribution in [2.45, 2.75) is 20.0 Å². The lowest BCUT2D eigenvalue weighted by Gasteiger charge is -2.15. The Bertz CT molecular complexity index is 988. The number of rotatable bonds is 4. The first-order chi connectivity index (χ1) is 12.4. The molecular formula is C20H17ClN2O3. The molecule has 6 heteroatoms. The van der Waals surface area contributed by atoms with Gasteiger partial charge in [-0.15, -0.1) is 0 Å². The molecule has 0 spiro atoms. The van der Waals surface area contributed by atoms with E-state index in [9.17, 15) is 9.59 Å². The number of anilines is 1. The average molecular weight is 369 g/mol. The summed E-state index contributed by atoms with van der Waals surface area (Å²) in [6.07, 6.45) is -0.929. The van der Waals surface area contributed by atoms with Crippen LogP contribution in [0.25, 0.3) is 10.9 Å². The minimum atomic E-state index is -0.929. The maximum absolute atomic E-state index is 12.3. The lowest BCUT2D eigenvalue weighted by molar-refractivity contribution is -0.123. The molecule has 26 heavy (non-hydrogen) atoms. The largest absolute Gasteiger partial charge is 0.449 e. The van der Waals surface area contributed by atoms with Crippen LogP contribution in [0, 0.1) is 6.92 Å². The molecule has 3 aromatic rings. The predicted octanol–water partition coefficient (Wildman–Crippen LogP) is 4.38. The molecule has 0 fully saturated rings. The summed E-state index contributed by atoms with van der Waals surface area (Å²) >= 11 is 5.86. The molecule has 1 atom stereocenters. The van der Waals surface area contributed by atoms with E-state index in [2.05, 4.69) is 10.3 Å². The Morgan fingerprint density at radius 1 is 1.12 bits per heavy atom. The molecule has 0 aliphatic heterocycles. The van der Waals surface area contributed by atoms with Crippen molar-refractivity contribution in [2.24, 2.45) is 0 Å². The number of carbonyl (C=O) groups is 2. The van der Waals surface area contributed by atoms with Gasteiger partial charge in [0, 0.05) is 11.1 Å². The summed E-state index contributed by atoms with van der Waals surface area (Å²) in [6.45, 7) is 3.43. The third kappa shape index (κ3) is 4.00. The average Bonchev–Trinajstić information content (AvgIpc) is 2.63. The number of benzene rings is 2. The van der Waals surface area contributed by atoms with Crippen molar-refractivity contribution >= 4 is 40.1 Å². The Hall–Kier alpha value is -2.92. The van der Waals surface area contributed by atoms with E-state index in [-0.39, 0.29) is 5.91 Å². The van der Waals surface area contributed by atoms with Gasteiger partial charge in [-0.1, -0.05) is 29.8 Å². The number of carbonyl (C=O) groups excluding carboxylic acids is 2. The minimum absolute atomic E-state index is 0.345. The highest BCUT2D eigenvalue weighted by atomic mass is 35.5. The SMILES string of the molecule is Cc1ccccc1NC(=O)C(C)OC(=O)c1ccc2nc(Cl)ccc2c1. The van der Waals surface area contributed by atoms with Crippen LogP contribution >= 0.6 is 11.6 Å². The standard InChI is InChI=1S/C20H17ClN2O3/c1-12-5-3-4-6-16(12)23-19(24)13(2)26-20(25)15-7-9-17-14(11-15)8-10-18(21)22-17/h3-11,13H,1-2H3,(H,23,24). The van der Waals surface area contributed by atoms with Crippen molar-refractivity contribution in [1.29, 1.82) is 0 Å². The zero-order chi connectivity index (χ0) is 18.7. The van der Waals surface area contributed by atoms with Crippen molar-refractivity contribution in [2.75, 3.05) is 5.32 Å². The fourth-order valence-corrected chi connectivity index (χ4v) is 2.61.